The van der Waals surface area contributed by atoms with Gasteiger partial charge < -0.3 is 4.74 Å². The van der Waals surface area contributed by atoms with Crippen LogP contribution in [0, 0.1) is 27.7 Å². The van der Waals surface area contributed by atoms with Gasteiger partial charge in [-0.2, -0.15) is 0 Å². The fourth-order valence-electron chi connectivity index (χ4n) is 4.54. The second-order valence-corrected chi connectivity index (χ2v) is 10.3. The minimum atomic E-state index is 0. The van der Waals surface area contributed by atoms with Gasteiger partial charge in [0, 0.05) is 31.2 Å². The van der Waals surface area contributed by atoms with E-state index in [0.717, 1.165) is 65.7 Å². The monoisotopic (exact) mass is 521 g/mol. The molecule has 1 fully saturated rings. The molecule has 8 heteroatoms. The van der Waals surface area contributed by atoms with E-state index >= 15 is 0 Å². The lowest BCUT2D eigenvalue weighted by atomic mass is 9.97. The number of aryl methyl sites for hydroxylation is 4. The van der Waals surface area contributed by atoms with Crippen LogP contribution in [0.5, 0.6) is 0 Å². The molecule has 0 aliphatic carbocycles. The van der Waals surface area contributed by atoms with Crippen LogP contribution >= 0.6 is 35.3 Å². The average molecular weight is 523 g/mol. The summed E-state index contributed by atoms with van der Waals surface area (Å²) in [6, 6.07) is 8.21. The number of nitrogens with zero attached hydrogens (tertiary/aromatic N) is 3. The highest BCUT2D eigenvalue weighted by Crippen LogP contribution is 2.34. The average Bonchev–Trinajstić information content (AvgIpc) is 3.21. The van der Waals surface area contributed by atoms with E-state index in [9.17, 15) is 4.79 Å². The minimum absolute atomic E-state index is 0. The number of aromatic nitrogens is 1. The largest absolute Gasteiger partial charge is 0.379 e. The molecule has 0 atom stereocenters. The fraction of sp³-hybridized carbons (Fsp3) is 0.462. The normalized spacial score (nSPS) is 14.3. The predicted molar refractivity (Wildman–Crippen MR) is 145 cm³/mol. The van der Waals surface area contributed by atoms with Gasteiger partial charge in [0.2, 0.25) is 5.91 Å². The van der Waals surface area contributed by atoms with Crippen LogP contribution in [0.2, 0.25) is 5.02 Å². The van der Waals surface area contributed by atoms with Crippen molar-refractivity contribution in [1.82, 2.24) is 9.88 Å². The summed E-state index contributed by atoms with van der Waals surface area (Å²) in [6.07, 6.45) is 1.28. The van der Waals surface area contributed by atoms with Gasteiger partial charge in [0.05, 0.1) is 29.9 Å². The Kier molecular flexibility index (Phi) is 9.35. The second kappa shape index (κ2) is 11.8. The highest BCUT2D eigenvalue weighted by Gasteiger charge is 2.23. The highest BCUT2D eigenvalue weighted by atomic mass is 35.5. The molecule has 34 heavy (non-hydrogen) atoms. The van der Waals surface area contributed by atoms with Crippen molar-refractivity contribution < 1.29 is 9.53 Å². The van der Waals surface area contributed by atoms with Crippen molar-refractivity contribution in [2.45, 2.75) is 40.5 Å². The molecule has 0 radical (unpaired) electrons. The van der Waals surface area contributed by atoms with E-state index in [1.54, 1.807) is 11.3 Å². The van der Waals surface area contributed by atoms with Gasteiger partial charge in [-0.05, 0) is 68.5 Å². The van der Waals surface area contributed by atoms with Gasteiger partial charge >= 0.3 is 0 Å². The zero-order valence-corrected chi connectivity index (χ0v) is 22.7. The van der Waals surface area contributed by atoms with Crippen LogP contribution in [-0.4, -0.2) is 55.2 Å². The number of hydrogen-bond acceptors (Lipinski definition) is 5. The number of hydrogen-bond donors (Lipinski definition) is 0. The van der Waals surface area contributed by atoms with E-state index in [4.69, 9.17) is 21.3 Å². The van der Waals surface area contributed by atoms with Gasteiger partial charge in [-0.3, -0.25) is 14.6 Å². The number of morpholine rings is 1. The Bertz CT molecular complexity index is 1140. The molecule has 2 heterocycles. The SMILES string of the molecule is Cc1cc(C)c(CC(=O)N(CCCN2CCOCC2)c2nc3c(C)c(Cl)ccc3s2)c(C)c1.Cl. The van der Waals surface area contributed by atoms with Crippen molar-refractivity contribution in [2.75, 3.05) is 44.3 Å². The molecular weight excluding hydrogens is 489 g/mol. The smallest absolute Gasteiger partial charge is 0.233 e. The van der Waals surface area contributed by atoms with Crippen molar-refractivity contribution in [3.05, 3.63) is 57.1 Å². The quantitative estimate of drug-likeness (QED) is 0.388. The fourth-order valence-corrected chi connectivity index (χ4v) is 5.76. The number of halogens is 2. The van der Waals surface area contributed by atoms with Gasteiger partial charge in [-0.1, -0.05) is 40.6 Å². The summed E-state index contributed by atoms with van der Waals surface area (Å²) >= 11 is 7.90. The number of rotatable bonds is 7. The zero-order chi connectivity index (χ0) is 23.5. The first kappa shape index (κ1) is 26.9. The molecule has 0 unspecified atom stereocenters. The number of carbonyl (C=O) groups excluding carboxylic acids is 1. The van der Waals surface area contributed by atoms with E-state index in [1.165, 1.54) is 16.7 Å². The third kappa shape index (κ3) is 6.10. The maximum Gasteiger partial charge on any atom is 0.233 e. The second-order valence-electron chi connectivity index (χ2n) is 8.92. The molecule has 184 valence electrons. The summed E-state index contributed by atoms with van der Waals surface area (Å²) in [5.74, 6) is 0.0924. The van der Waals surface area contributed by atoms with Crippen molar-refractivity contribution >= 4 is 56.6 Å². The molecule has 3 aromatic rings. The summed E-state index contributed by atoms with van der Waals surface area (Å²) in [5, 5.41) is 1.46. The maximum absolute atomic E-state index is 13.6. The van der Waals surface area contributed by atoms with Crippen LogP contribution in [0.15, 0.2) is 24.3 Å². The summed E-state index contributed by atoms with van der Waals surface area (Å²) in [4.78, 5) is 22.8. The van der Waals surface area contributed by atoms with E-state index in [2.05, 4.69) is 37.8 Å². The maximum atomic E-state index is 13.6. The van der Waals surface area contributed by atoms with Crippen LogP contribution < -0.4 is 4.90 Å². The molecule has 4 rings (SSSR count). The lowest BCUT2D eigenvalue weighted by Gasteiger charge is -2.28. The summed E-state index contributed by atoms with van der Waals surface area (Å²) in [7, 11) is 0. The number of benzene rings is 2. The number of ether oxygens (including phenoxy) is 1. The number of thiazole rings is 1. The Labute approximate surface area is 217 Å². The van der Waals surface area contributed by atoms with Gasteiger partial charge in [0.1, 0.15) is 0 Å². The predicted octanol–water partition coefficient (Wildman–Crippen LogP) is 5.90. The van der Waals surface area contributed by atoms with Crippen molar-refractivity contribution in [3.63, 3.8) is 0 Å². The third-order valence-electron chi connectivity index (χ3n) is 6.40. The Balaban J connectivity index is 0.00000324. The lowest BCUT2D eigenvalue weighted by molar-refractivity contribution is -0.118. The molecule has 0 N–H and O–H groups in total. The topological polar surface area (TPSA) is 45.7 Å². The number of anilines is 1. The van der Waals surface area contributed by atoms with E-state index in [0.29, 0.717) is 18.0 Å². The van der Waals surface area contributed by atoms with Crippen molar-refractivity contribution in [2.24, 2.45) is 0 Å². The summed E-state index contributed by atoms with van der Waals surface area (Å²) in [6.45, 7) is 13.3. The first-order chi connectivity index (χ1) is 15.8. The van der Waals surface area contributed by atoms with Gasteiger partial charge in [0.15, 0.2) is 5.13 Å². The molecule has 1 saturated heterocycles. The molecule has 1 amide bonds. The van der Waals surface area contributed by atoms with Gasteiger partial charge in [0.25, 0.3) is 0 Å². The summed E-state index contributed by atoms with van der Waals surface area (Å²) < 4.78 is 6.52. The molecular formula is C26H33Cl2N3O2S. The molecule has 1 aromatic heterocycles. The minimum Gasteiger partial charge on any atom is -0.379 e. The Morgan fingerprint density at radius 2 is 1.82 bits per heavy atom. The van der Waals surface area contributed by atoms with Crippen LogP contribution in [0.25, 0.3) is 10.2 Å². The number of fused-ring (bicyclic) bond motifs is 1. The standard InChI is InChI=1S/C26H32ClN3O2S.ClH/c1-17-14-18(2)21(19(3)15-17)16-24(31)30(9-5-8-29-10-12-32-13-11-29)26-28-25-20(4)22(27)6-7-23(25)33-26;/h6-7,14-15H,5,8-13,16H2,1-4H3;1H. The first-order valence-electron chi connectivity index (χ1n) is 11.6. The van der Waals surface area contributed by atoms with Crippen molar-refractivity contribution in [1.29, 1.82) is 0 Å². The Hall–Kier alpha value is -1.70. The molecule has 2 aromatic carbocycles. The Morgan fingerprint density at radius 1 is 1.15 bits per heavy atom. The van der Waals surface area contributed by atoms with Crippen LogP contribution in [0.4, 0.5) is 5.13 Å². The van der Waals surface area contributed by atoms with E-state index in [-0.39, 0.29) is 18.3 Å². The van der Waals surface area contributed by atoms with E-state index < -0.39 is 0 Å². The summed E-state index contributed by atoms with van der Waals surface area (Å²) in [5.41, 5.74) is 6.52. The lowest BCUT2D eigenvalue weighted by Crippen LogP contribution is -2.39. The highest BCUT2D eigenvalue weighted by molar-refractivity contribution is 7.22. The zero-order valence-electron chi connectivity index (χ0n) is 20.3. The number of amides is 1. The van der Waals surface area contributed by atoms with E-state index in [1.807, 2.05) is 24.0 Å². The molecule has 5 nitrogen and oxygen atoms in total. The first-order valence-corrected chi connectivity index (χ1v) is 12.8. The molecule has 0 saturated carbocycles. The number of carbonyl (C=O) groups is 1. The van der Waals surface area contributed by atoms with Crippen molar-refractivity contribution in [3.8, 4) is 0 Å². The molecule has 1 aliphatic rings. The molecule has 0 bridgehead atoms. The molecule has 0 spiro atoms. The van der Waals surface area contributed by atoms with Crippen LogP contribution in [0.3, 0.4) is 0 Å². The third-order valence-corrected chi connectivity index (χ3v) is 7.85. The van der Waals surface area contributed by atoms with Crippen LogP contribution in [0.1, 0.15) is 34.2 Å². The van der Waals surface area contributed by atoms with Gasteiger partial charge in [-0.15, -0.1) is 12.4 Å². The van der Waals surface area contributed by atoms with Gasteiger partial charge in [-0.25, -0.2) is 4.98 Å². The molecule has 1 aliphatic heterocycles. The van der Waals surface area contributed by atoms with Crippen LogP contribution in [-0.2, 0) is 16.0 Å². The Morgan fingerprint density at radius 3 is 2.50 bits per heavy atom.